The molecule has 0 amide bonds. The van der Waals surface area contributed by atoms with Crippen LogP contribution in [0.5, 0.6) is 0 Å². The van der Waals surface area contributed by atoms with E-state index in [4.69, 9.17) is 0 Å². The zero-order valence-corrected chi connectivity index (χ0v) is 12.2. The molecule has 0 radical (unpaired) electrons. The van der Waals surface area contributed by atoms with Gasteiger partial charge in [-0.05, 0) is 37.9 Å². The summed E-state index contributed by atoms with van der Waals surface area (Å²) in [5.41, 5.74) is 0. The van der Waals surface area contributed by atoms with Crippen LogP contribution < -0.4 is 5.32 Å². The van der Waals surface area contributed by atoms with Crippen molar-refractivity contribution in [2.45, 2.75) is 48.5 Å². The van der Waals surface area contributed by atoms with E-state index < -0.39 is 0 Å². The summed E-state index contributed by atoms with van der Waals surface area (Å²) in [6.45, 7) is 2.18. The van der Waals surface area contributed by atoms with Gasteiger partial charge in [-0.15, -0.1) is 0 Å². The molecule has 3 rings (SSSR count). The van der Waals surface area contributed by atoms with E-state index in [1.165, 1.54) is 43.7 Å². The highest BCUT2D eigenvalue weighted by Gasteiger charge is 2.37. The summed E-state index contributed by atoms with van der Waals surface area (Å²) in [6, 6.07) is 0. The van der Waals surface area contributed by atoms with Crippen LogP contribution in [0.2, 0.25) is 0 Å². The van der Waals surface area contributed by atoms with E-state index in [-0.39, 0.29) is 0 Å². The van der Waals surface area contributed by atoms with Gasteiger partial charge in [0.1, 0.15) is 0 Å². The molecule has 0 spiro atoms. The minimum Gasteiger partial charge on any atom is -0.364 e. The van der Waals surface area contributed by atoms with Gasteiger partial charge in [-0.1, -0.05) is 24.6 Å². The fourth-order valence-corrected chi connectivity index (χ4v) is 5.03. The van der Waals surface area contributed by atoms with Crippen LogP contribution in [0.4, 0.5) is 0 Å². The average molecular weight is 270 g/mol. The molecule has 1 atom stereocenters. The molecule has 2 saturated carbocycles. The van der Waals surface area contributed by atoms with Crippen LogP contribution in [0.3, 0.4) is 0 Å². The van der Waals surface area contributed by atoms with E-state index in [0.717, 1.165) is 24.3 Å². The van der Waals surface area contributed by atoms with Crippen LogP contribution in [-0.4, -0.2) is 34.5 Å². The summed E-state index contributed by atoms with van der Waals surface area (Å²) in [5, 5.41) is 5.64. The highest BCUT2D eigenvalue weighted by Crippen LogP contribution is 2.42. The molecule has 1 heterocycles. The van der Waals surface area contributed by atoms with Crippen molar-refractivity contribution in [1.29, 1.82) is 0 Å². The van der Waals surface area contributed by atoms with Gasteiger partial charge in [0.15, 0.2) is 5.17 Å². The summed E-state index contributed by atoms with van der Waals surface area (Å²) in [6.07, 6.45) is 10.7. The third-order valence-electron chi connectivity index (χ3n) is 4.34. The number of rotatable bonds is 4. The lowest BCUT2D eigenvalue weighted by Crippen LogP contribution is -2.37. The molecule has 0 aromatic heterocycles. The van der Waals surface area contributed by atoms with Crippen molar-refractivity contribution in [3.63, 3.8) is 0 Å². The van der Waals surface area contributed by atoms with Gasteiger partial charge in [0.05, 0.1) is 6.54 Å². The summed E-state index contributed by atoms with van der Waals surface area (Å²) in [7, 11) is 0. The zero-order valence-electron chi connectivity index (χ0n) is 10.6. The highest BCUT2D eigenvalue weighted by atomic mass is 32.2. The molecular formula is C13H22N2S2. The van der Waals surface area contributed by atoms with Crippen molar-refractivity contribution in [3.8, 4) is 0 Å². The Bertz CT molecular complexity index is 307. The van der Waals surface area contributed by atoms with Crippen molar-refractivity contribution in [2.24, 2.45) is 10.9 Å². The molecule has 1 aliphatic heterocycles. The van der Waals surface area contributed by atoms with Gasteiger partial charge in [0.2, 0.25) is 0 Å². The Balaban J connectivity index is 1.47. The smallest absolute Gasteiger partial charge is 0.156 e. The fourth-order valence-electron chi connectivity index (χ4n) is 2.91. The molecule has 0 aromatic rings. The minimum atomic E-state index is 0.501. The lowest BCUT2D eigenvalue weighted by atomic mass is 10.1. The van der Waals surface area contributed by atoms with E-state index in [1.807, 2.05) is 11.8 Å². The molecular weight excluding hydrogens is 248 g/mol. The molecule has 0 saturated heterocycles. The van der Waals surface area contributed by atoms with Crippen molar-refractivity contribution >= 4 is 28.7 Å². The van der Waals surface area contributed by atoms with Crippen molar-refractivity contribution in [2.75, 3.05) is 19.3 Å². The molecule has 0 bridgehead atoms. The number of thioether (sulfide) groups is 2. The SMILES string of the molecule is CSC1(CNC2=NCC(C3CC3)S2)CCCC1. The predicted octanol–water partition coefficient (Wildman–Crippen LogP) is 3.13. The normalized spacial score (nSPS) is 31.6. The van der Waals surface area contributed by atoms with Crippen molar-refractivity contribution < 1.29 is 0 Å². The Labute approximate surface area is 113 Å². The topological polar surface area (TPSA) is 24.4 Å². The second-order valence-electron chi connectivity index (χ2n) is 5.59. The maximum absolute atomic E-state index is 4.66. The highest BCUT2D eigenvalue weighted by molar-refractivity contribution is 8.14. The molecule has 3 aliphatic rings. The van der Waals surface area contributed by atoms with Gasteiger partial charge >= 0.3 is 0 Å². The standard InChI is InChI=1S/C13H22N2S2/c1-16-13(6-2-3-7-13)9-15-12-14-8-11(17-12)10-4-5-10/h10-11H,2-9H2,1H3,(H,14,15). The van der Waals surface area contributed by atoms with Crippen molar-refractivity contribution in [3.05, 3.63) is 0 Å². The predicted molar refractivity (Wildman–Crippen MR) is 79.1 cm³/mol. The zero-order chi connectivity index (χ0) is 11.7. The van der Waals surface area contributed by atoms with Crippen LogP contribution in [0.1, 0.15) is 38.5 Å². The van der Waals surface area contributed by atoms with E-state index >= 15 is 0 Å². The molecule has 1 unspecified atom stereocenters. The molecule has 1 N–H and O–H groups in total. The van der Waals surface area contributed by atoms with Crippen LogP contribution in [-0.2, 0) is 0 Å². The number of nitrogens with one attached hydrogen (secondary N) is 1. The Morgan fingerprint density at radius 1 is 1.41 bits per heavy atom. The third-order valence-corrected chi connectivity index (χ3v) is 7.09. The second-order valence-corrected chi connectivity index (χ2v) is 8.09. The maximum atomic E-state index is 4.66. The van der Waals surface area contributed by atoms with Gasteiger partial charge in [-0.2, -0.15) is 11.8 Å². The number of nitrogens with zero attached hydrogens (tertiary/aromatic N) is 1. The van der Waals surface area contributed by atoms with Gasteiger partial charge in [-0.25, -0.2) is 0 Å². The summed E-state index contributed by atoms with van der Waals surface area (Å²) in [4.78, 5) is 4.66. The molecule has 17 heavy (non-hydrogen) atoms. The molecule has 96 valence electrons. The van der Waals surface area contributed by atoms with E-state index in [9.17, 15) is 0 Å². The summed E-state index contributed by atoms with van der Waals surface area (Å²) in [5.74, 6) is 0.976. The minimum absolute atomic E-state index is 0.501. The van der Waals surface area contributed by atoms with E-state index in [0.29, 0.717) is 4.75 Å². The number of amidine groups is 1. The third kappa shape index (κ3) is 2.78. The first-order chi connectivity index (χ1) is 8.31. The van der Waals surface area contributed by atoms with Crippen LogP contribution in [0.25, 0.3) is 0 Å². The molecule has 2 aliphatic carbocycles. The monoisotopic (exact) mass is 270 g/mol. The maximum Gasteiger partial charge on any atom is 0.156 e. The Kier molecular flexibility index (Phi) is 3.62. The van der Waals surface area contributed by atoms with Gasteiger partial charge < -0.3 is 5.32 Å². The summed E-state index contributed by atoms with van der Waals surface area (Å²) >= 11 is 4.06. The lowest BCUT2D eigenvalue weighted by molar-refractivity contribution is 0.593. The molecule has 2 nitrogen and oxygen atoms in total. The Morgan fingerprint density at radius 3 is 2.82 bits per heavy atom. The number of hydrogen-bond acceptors (Lipinski definition) is 4. The van der Waals surface area contributed by atoms with Crippen LogP contribution in [0, 0.1) is 5.92 Å². The van der Waals surface area contributed by atoms with Crippen LogP contribution in [0.15, 0.2) is 4.99 Å². The fraction of sp³-hybridized carbons (Fsp3) is 0.923. The lowest BCUT2D eigenvalue weighted by Gasteiger charge is -2.27. The molecule has 2 fully saturated rings. The second kappa shape index (κ2) is 5.04. The first kappa shape index (κ1) is 12.2. The van der Waals surface area contributed by atoms with Gasteiger partial charge in [-0.3, -0.25) is 4.99 Å². The first-order valence-electron chi connectivity index (χ1n) is 6.81. The average Bonchev–Trinajstić information content (AvgIpc) is 2.94. The summed E-state index contributed by atoms with van der Waals surface area (Å²) < 4.78 is 0.501. The van der Waals surface area contributed by atoms with Crippen LogP contribution >= 0.6 is 23.5 Å². The quantitative estimate of drug-likeness (QED) is 0.849. The number of hydrogen-bond donors (Lipinski definition) is 1. The molecule has 0 aromatic carbocycles. The Morgan fingerprint density at radius 2 is 2.18 bits per heavy atom. The largest absolute Gasteiger partial charge is 0.364 e. The van der Waals surface area contributed by atoms with Gasteiger partial charge in [0.25, 0.3) is 0 Å². The number of aliphatic imine (C=N–C) groups is 1. The molecule has 4 heteroatoms. The first-order valence-corrected chi connectivity index (χ1v) is 8.92. The van der Waals surface area contributed by atoms with Gasteiger partial charge in [0, 0.05) is 16.5 Å². The van der Waals surface area contributed by atoms with E-state index in [1.54, 1.807) is 0 Å². The Hall–Kier alpha value is 0.170. The van der Waals surface area contributed by atoms with E-state index in [2.05, 4.69) is 28.3 Å². The van der Waals surface area contributed by atoms with Crippen molar-refractivity contribution in [1.82, 2.24) is 5.32 Å².